The fourth-order valence-corrected chi connectivity index (χ4v) is 6.96. The molecule has 0 amide bonds. The van der Waals surface area contributed by atoms with Gasteiger partial charge < -0.3 is 0 Å². The Labute approximate surface area is 203 Å². The van der Waals surface area contributed by atoms with E-state index in [0.717, 1.165) is 51.9 Å². The van der Waals surface area contributed by atoms with Gasteiger partial charge in [-0.2, -0.15) is 0 Å². The minimum Gasteiger partial charge on any atom is -0.268 e. The van der Waals surface area contributed by atoms with Crippen LogP contribution in [-0.4, -0.2) is 18.8 Å². The summed E-state index contributed by atoms with van der Waals surface area (Å²) in [4.78, 5) is 36.9. The van der Waals surface area contributed by atoms with E-state index in [-0.39, 0.29) is 11.1 Å². The average Bonchev–Trinajstić information content (AvgIpc) is 3.48. The Morgan fingerprint density at radius 2 is 1.24 bits per heavy atom. The van der Waals surface area contributed by atoms with Crippen molar-refractivity contribution in [2.45, 2.75) is 0 Å². The van der Waals surface area contributed by atoms with E-state index in [1.807, 2.05) is 48.5 Å². The van der Waals surface area contributed by atoms with Crippen molar-refractivity contribution in [1.29, 1.82) is 0 Å². The van der Waals surface area contributed by atoms with Crippen LogP contribution in [0.5, 0.6) is 0 Å². The van der Waals surface area contributed by atoms with Gasteiger partial charge >= 0.3 is 0 Å². The van der Waals surface area contributed by atoms with Gasteiger partial charge in [-0.05, 0) is 48.5 Å². The van der Waals surface area contributed by atoms with Crippen LogP contribution in [0.1, 0.15) is 0 Å². The Hall–Kier alpha value is -3.14. The predicted octanol–water partition coefficient (Wildman–Crippen LogP) is 5.93. The molecule has 0 radical (unpaired) electrons. The molecule has 0 atom stereocenters. The van der Waals surface area contributed by atoms with Crippen LogP contribution in [0, 0.1) is 0 Å². The van der Waals surface area contributed by atoms with Crippen molar-refractivity contribution in [3.05, 3.63) is 78.2 Å². The van der Waals surface area contributed by atoms with Crippen molar-refractivity contribution in [3.63, 3.8) is 0 Å². The first-order valence-electron chi connectivity index (χ1n) is 10.1. The lowest BCUT2D eigenvalue weighted by Gasteiger charge is -2.04. The van der Waals surface area contributed by atoms with Crippen molar-refractivity contribution in [3.8, 4) is 0 Å². The van der Waals surface area contributed by atoms with E-state index in [1.54, 1.807) is 8.80 Å². The normalized spacial score (nSPS) is 12.8. The van der Waals surface area contributed by atoms with Crippen molar-refractivity contribution in [1.82, 2.24) is 18.8 Å². The topological polar surface area (TPSA) is 68.7 Å². The summed E-state index contributed by atoms with van der Waals surface area (Å²) in [6.07, 6.45) is 0. The number of hydrogen-bond acceptors (Lipinski definition) is 5. The number of thiophene rings is 1. The van der Waals surface area contributed by atoms with Crippen LogP contribution in [-0.2, 0) is 0 Å². The largest absolute Gasteiger partial charge is 0.274 e. The van der Waals surface area contributed by atoms with E-state index in [1.165, 1.54) is 11.3 Å². The number of halogens is 2. The summed E-state index contributed by atoms with van der Waals surface area (Å²) in [6, 6.07) is 15.2. The second-order valence-corrected chi connectivity index (χ2v) is 10.9. The molecular formula is C24H8Br2N4O2S. The maximum atomic E-state index is 13.7. The molecule has 0 aliphatic rings. The third kappa shape index (κ3) is 2.09. The summed E-state index contributed by atoms with van der Waals surface area (Å²) in [7, 11) is 0. The first kappa shape index (κ1) is 18.3. The summed E-state index contributed by atoms with van der Waals surface area (Å²) in [5.41, 5.74) is 3.92. The molecule has 0 bridgehead atoms. The van der Waals surface area contributed by atoms with Gasteiger partial charge in [-0.25, -0.2) is 9.97 Å². The van der Waals surface area contributed by atoms with Crippen LogP contribution in [0.25, 0.3) is 64.3 Å². The number of rotatable bonds is 0. The molecule has 9 heteroatoms. The Kier molecular flexibility index (Phi) is 3.25. The van der Waals surface area contributed by atoms with Crippen LogP contribution in [0.4, 0.5) is 0 Å². The maximum Gasteiger partial charge on any atom is 0.274 e. The summed E-state index contributed by atoms with van der Waals surface area (Å²) < 4.78 is 6.59. The molecule has 0 spiro atoms. The van der Waals surface area contributed by atoms with Crippen molar-refractivity contribution < 1.29 is 0 Å². The third-order valence-electron chi connectivity index (χ3n) is 6.37. The van der Waals surface area contributed by atoms with Gasteiger partial charge in [-0.15, -0.1) is 11.3 Å². The Morgan fingerprint density at radius 3 is 1.94 bits per heavy atom. The molecule has 0 saturated heterocycles. The van der Waals surface area contributed by atoms with Gasteiger partial charge in [-0.3, -0.25) is 18.4 Å². The Morgan fingerprint density at radius 1 is 0.667 bits per heavy atom. The number of hydrogen-bond donors (Lipinski definition) is 0. The number of nitrogens with zero attached hydrogens (tertiary/aromatic N) is 4. The molecule has 8 rings (SSSR count). The van der Waals surface area contributed by atoms with Crippen LogP contribution < -0.4 is 11.1 Å². The van der Waals surface area contributed by atoms with Crippen LogP contribution >= 0.6 is 43.2 Å². The molecule has 0 aliphatic carbocycles. The highest BCUT2D eigenvalue weighted by Gasteiger charge is 2.24. The highest BCUT2D eigenvalue weighted by molar-refractivity contribution is 9.10. The monoisotopic (exact) mass is 574 g/mol. The van der Waals surface area contributed by atoms with E-state index in [4.69, 9.17) is 9.97 Å². The zero-order valence-corrected chi connectivity index (χ0v) is 20.4. The molecule has 33 heavy (non-hydrogen) atoms. The zero-order valence-electron chi connectivity index (χ0n) is 16.4. The quantitative estimate of drug-likeness (QED) is 0.210. The standard InChI is InChI=1S/C24H8Br2N4O2S/c25-9-1-5-15-13(7-9)27-21-11-3-4-12-18-17(11)20(24(32)29(15)21)33-19(18)22-28-14-8-10(26)2-6-16(14)30(22)23(12)31/h1-8H. The van der Waals surface area contributed by atoms with Gasteiger partial charge in [0.1, 0.15) is 10.3 Å². The van der Waals surface area contributed by atoms with E-state index in [9.17, 15) is 9.59 Å². The summed E-state index contributed by atoms with van der Waals surface area (Å²) in [6.45, 7) is 0. The first-order valence-corrected chi connectivity index (χ1v) is 12.5. The third-order valence-corrected chi connectivity index (χ3v) is 8.53. The predicted molar refractivity (Wildman–Crippen MR) is 140 cm³/mol. The molecule has 6 nitrogen and oxygen atoms in total. The van der Waals surface area contributed by atoms with Gasteiger partial charge in [0, 0.05) is 30.5 Å². The molecule has 8 aromatic rings. The first-order chi connectivity index (χ1) is 16.0. The molecule has 3 aromatic carbocycles. The van der Waals surface area contributed by atoms with E-state index in [2.05, 4.69) is 31.9 Å². The molecule has 0 unspecified atom stereocenters. The fraction of sp³-hybridized carbons (Fsp3) is 0. The maximum absolute atomic E-state index is 13.7. The molecule has 5 heterocycles. The van der Waals surface area contributed by atoms with Crippen molar-refractivity contribution in [2.75, 3.05) is 0 Å². The molecule has 0 N–H and O–H groups in total. The van der Waals surface area contributed by atoms with E-state index < -0.39 is 0 Å². The zero-order chi connectivity index (χ0) is 22.2. The molecule has 0 saturated carbocycles. The van der Waals surface area contributed by atoms with Gasteiger partial charge in [0.15, 0.2) is 5.65 Å². The minimum absolute atomic E-state index is 0.125. The van der Waals surface area contributed by atoms with Crippen LogP contribution in [0.2, 0.25) is 0 Å². The molecular weight excluding hydrogens is 568 g/mol. The van der Waals surface area contributed by atoms with E-state index in [0.29, 0.717) is 21.4 Å². The number of benzene rings is 3. The van der Waals surface area contributed by atoms with Crippen LogP contribution in [0.15, 0.2) is 67.1 Å². The highest BCUT2D eigenvalue weighted by Crippen LogP contribution is 2.42. The van der Waals surface area contributed by atoms with E-state index >= 15 is 0 Å². The minimum atomic E-state index is -0.131. The lowest BCUT2D eigenvalue weighted by Crippen LogP contribution is -2.13. The lowest BCUT2D eigenvalue weighted by molar-refractivity contribution is 1.19. The van der Waals surface area contributed by atoms with Gasteiger partial charge in [0.05, 0.1) is 26.8 Å². The van der Waals surface area contributed by atoms with Crippen molar-refractivity contribution >= 4 is 108 Å². The molecule has 0 aliphatic heterocycles. The Bertz CT molecular complexity index is 2260. The highest BCUT2D eigenvalue weighted by atomic mass is 79.9. The van der Waals surface area contributed by atoms with Crippen molar-refractivity contribution in [2.24, 2.45) is 0 Å². The number of aromatic nitrogens is 4. The van der Waals surface area contributed by atoms with Gasteiger partial charge in [0.2, 0.25) is 0 Å². The van der Waals surface area contributed by atoms with Gasteiger partial charge in [0.25, 0.3) is 11.1 Å². The van der Waals surface area contributed by atoms with Gasteiger partial charge in [-0.1, -0.05) is 31.9 Å². The second-order valence-electron chi connectivity index (χ2n) is 8.09. The number of pyridine rings is 2. The summed E-state index contributed by atoms with van der Waals surface area (Å²) in [5.74, 6) is 0. The SMILES string of the molecule is O=c1c2sc3c4c(ccc(c24)c2nc4cc(Br)ccc4n12)c(=O)n1c2ccc(Br)cc2nc31. The smallest absolute Gasteiger partial charge is 0.268 e. The molecule has 5 aromatic heterocycles. The number of fused-ring (bicyclic) bond motifs is 8. The summed E-state index contributed by atoms with van der Waals surface area (Å²) in [5, 5.41) is 3.04. The van der Waals surface area contributed by atoms with Crippen LogP contribution in [0.3, 0.4) is 0 Å². The molecule has 156 valence electrons. The molecule has 0 fully saturated rings. The second kappa shape index (κ2) is 5.85. The average molecular weight is 576 g/mol. The fourth-order valence-electron chi connectivity index (χ4n) is 5.02. The summed E-state index contributed by atoms with van der Waals surface area (Å²) >= 11 is 8.37. The number of imidazole rings is 2. The Balaban J connectivity index is 1.70. The lowest BCUT2D eigenvalue weighted by atomic mass is 10.0.